The number of hydroxylamine groups is 1. The highest BCUT2D eigenvalue weighted by atomic mass is 19.1. The molecule has 2 amide bonds. The van der Waals surface area contributed by atoms with Gasteiger partial charge in [0.1, 0.15) is 5.82 Å². The monoisotopic (exact) mass is 351 g/mol. The number of piperidine rings is 1. The van der Waals surface area contributed by atoms with Crippen molar-refractivity contribution in [2.45, 2.75) is 44.6 Å². The Morgan fingerprint density at radius 3 is 2.72 bits per heavy atom. The average Bonchev–Trinajstić information content (AvgIpc) is 2.62. The third-order valence-electron chi connectivity index (χ3n) is 4.78. The number of nitrogens with zero attached hydrogens (tertiary/aromatic N) is 1. The van der Waals surface area contributed by atoms with Gasteiger partial charge in [0.15, 0.2) is 0 Å². The molecule has 1 aliphatic rings. The predicted octanol–water partition coefficient (Wildman–Crippen LogP) is 2.13. The summed E-state index contributed by atoms with van der Waals surface area (Å²) in [5.74, 6) is -0.225. The van der Waals surface area contributed by atoms with E-state index in [2.05, 4.69) is 0 Å². The number of amides is 2. The minimum Gasteiger partial charge on any atom is -0.343 e. The van der Waals surface area contributed by atoms with Gasteiger partial charge in [-0.3, -0.25) is 14.8 Å². The molecule has 1 saturated heterocycles. The fourth-order valence-electron chi connectivity index (χ4n) is 3.25. The first-order valence-corrected chi connectivity index (χ1v) is 8.71. The average molecular weight is 351 g/mol. The number of likely N-dealkylation sites (tertiary alicyclic amines) is 1. The molecule has 0 unspecified atom stereocenters. The molecule has 4 N–H and O–H groups in total. The topological polar surface area (TPSA) is 95.7 Å². The molecule has 25 heavy (non-hydrogen) atoms. The summed E-state index contributed by atoms with van der Waals surface area (Å²) in [5, 5.41) is 8.46. The Morgan fingerprint density at radius 1 is 1.36 bits per heavy atom. The predicted molar refractivity (Wildman–Crippen MR) is 91.0 cm³/mol. The van der Waals surface area contributed by atoms with Crippen molar-refractivity contribution in [1.82, 2.24) is 10.4 Å². The molecule has 0 saturated carbocycles. The van der Waals surface area contributed by atoms with Crippen molar-refractivity contribution in [3.05, 3.63) is 35.6 Å². The standard InChI is InChI=1S/C18H26FN3O3/c19-15-5-2-4-14(11-15)16(20)12-18(24)22-9-7-13(8-10-22)3-1-6-17(23)21-25/h2,4-5,11,13,16,25H,1,3,6-10,12,20H2,(H,21,23)/t16-/m0/s1. The molecule has 1 atom stereocenters. The quantitative estimate of drug-likeness (QED) is 0.518. The van der Waals surface area contributed by atoms with Crippen LogP contribution in [0.15, 0.2) is 24.3 Å². The second kappa shape index (κ2) is 9.48. The zero-order valence-corrected chi connectivity index (χ0v) is 14.3. The number of halogens is 1. The van der Waals surface area contributed by atoms with E-state index in [-0.39, 0.29) is 24.1 Å². The van der Waals surface area contributed by atoms with Gasteiger partial charge in [0, 0.05) is 32.0 Å². The van der Waals surface area contributed by atoms with Crippen molar-refractivity contribution in [3.8, 4) is 0 Å². The van der Waals surface area contributed by atoms with Gasteiger partial charge in [-0.15, -0.1) is 0 Å². The van der Waals surface area contributed by atoms with Crippen LogP contribution in [0.25, 0.3) is 0 Å². The summed E-state index contributed by atoms with van der Waals surface area (Å²) in [4.78, 5) is 25.2. The van der Waals surface area contributed by atoms with Gasteiger partial charge in [-0.2, -0.15) is 0 Å². The lowest BCUT2D eigenvalue weighted by Crippen LogP contribution is -2.39. The normalized spacial score (nSPS) is 16.5. The van der Waals surface area contributed by atoms with Crippen LogP contribution in [0.3, 0.4) is 0 Å². The molecular formula is C18H26FN3O3. The highest BCUT2D eigenvalue weighted by Crippen LogP contribution is 2.24. The lowest BCUT2D eigenvalue weighted by Gasteiger charge is -2.32. The van der Waals surface area contributed by atoms with Gasteiger partial charge in [-0.25, -0.2) is 9.87 Å². The smallest absolute Gasteiger partial charge is 0.243 e. The van der Waals surface area contributed by atoms with Crippen LogP contribution < -0.4 is 11.2 Å². The van der Waals surface area contributed by atoms with Crippen LogP contribution in [0, 0.1) is 11.7 Å². The molecular weight excluding hydrogens is 325 g/mol. The lowest BCUT2D eigenvalue weighted by atomic mass is 9.91. The van der Waals surface area contributed by atoms with E-state index in [1.54, 1.807) is 17.6 Å². The van der Waals surface area contributed by atoms with Crippen molar-refractivity contribution in [2.24, 2.45) is 11.7 Å². The maximum absolute atomic E-state index is 13.2. The maximum atomic E-state index is 13.2. The van der Waals surface area contributed by atoms with E-state index < -0.39 is 6.04 Å². The number of hydrogen-bond acceptors (Lipinski definition) is 4. The zero-order chi connectivity index (χ0) is 18.2. The van der Waals surface area contributed by atoms with Crippen molar-refractivity contribution in [3.63, 3.8) is 0 Å². The van der Waals surface area contributed by atoms with E-state index in [1.165, 1.54) is 12.1 Å². The van der Waals surface area contributed by atoms with Crippen LogP contribution in [0.1, 0.15) is 50.1 Å². The Bertz CT molecular complexity index is 589. The fourth-order valence-corrected chi connectivity index (χ4v) is 3.25. The molecule has 2 rings (SSSR count). The first-order valence-electron chi connectivity index (χ1n) is 8.71. The van der Waals surface area contributed by atoms with E-state index in [4.69, 9.17) is 10.9 Å². The number of carbonyl (C=O) groups is 2. The van der Waals surface area contributed by atoms with Crippen molar-refractivity contribution in [2.75, 3.05) is 13.1 Å². The number of nitrogens with one attached hydrogen (secondary N) is 1. The number of rotatable bonds is 7. The summed E-state index contributed by atoms with van der Waals surface area (Å²) in [5.41, 5.74) is 8.30. The molecule has 1 aliphatic heterocycles. The minimum absolute atomic E-state index is 0.00475. The SMILES string of the molecule is N[C@@H](CC(=O)N1CCC(CCCC(=O)NO)CC1)c1cccc(F)c1. The molecule has 0 aromatic heterocycles. The van der Waals surface area contributed by atoms with Crippen molar-refractivity contribution >= 4 is 11.8 Å². The first-order chi connectivity index (χ1) is 12.0. The van der Waals surface area contributed by atoms with Gasteiger partial charge in [0.2, 0.25) is 11.8 Å². The molecule has 7 heteroatoms. The highest BCUT2D eigenvalue weighted by Gasteiger charge is 2.24. The third-order valence-corrected chi connectivity index (χ3v) is 4.78. The van der Waals surface area contributed by atoms with E-state index in [0.717, 1.165) is 25.7 Å². The van der Waals surface area contributed by atoms with E-state index in [9.17, 15) is 14.0 Å². The summed E-state index contributed by atoms with van der Waals surface area (Å²) < 4.78 is 13.2. The lowest BCUT2D eigenvalue weighted by molar-refractivity contribution is -0.133. The second-order valence-electron chi connectivity index (χ2n) is 6.62. The van der Waals surface area contributed by atoms with Gasteiger partial charge in [-0.05, 0) is 49.3 Å². The van der Waals surface area contributed by atoms with Crippen LogP contribution in [-0.4, -0.2) is 35.0 Å². The number of benzene rings is 1. The van der Waals surface area contributed by atoms with Gasteiger partial charge in [0.05, 0.1) is 0 Å². The molecule has 0 radical (unpaired) electrons. The Labute approximate surface area is 147 Å². The van der Waals surface area contributed by atoms with Gasteiger partial charge in [0.25, 0.3) is 0 Å². The third kappa shape index (κ3) is 6.10. The van der Waals surface area contributed by atoms with Crippen LogP contribution in [-0.2, 0) is 9.59 Å². The van der Waals surface area contributed by atoms with E-state index in [1.807, 2.05) is 4.90 Å². The first kappa shape index (κ1) is 19.3. The summed E-state index contributed by atoms with van der Waals surface area (Å²) in [6.07, 6.45) is 3.94. The Hall–Kier alpha value is -1.99. The molecule has 1 aromatic carbocycles. The van der Waals surface area contributed by atoms with Crippen LogP contribution in [0.2, 0.25) is 0 Å². The van der Waals surface area contributed by atoms with Crippen molar-refractivity contribution in [1.29, 1.82) is 0 Å². The summed E-state index contributed by atoms with van der Waals surface area (Å²) in [6, 6.07) is 5.55. The molecule has 0 spiro atoms. The largest absolute Gasteiger partial charge is 0.343 e. The van der Waals surface area contributed by atoms with Crippen molar-refractivity contribution < 1.29 is 19.2 Å². The Morgan fingerprint density at radius 2 is 2.08 bits per heavy atom. The van der Waals surface area contributed by atoms with E-state index in [0.29, 0.717) is 31.0 Å². The van der Waals surface area contributed by atoms with Crippen LogP contribution in [0.4, 0.5) is 4.39 Å². The van der Waals surface area contributed by atoms with Crippen LogP contribution >= 0.6 is 0 Å². The number of hydrogen-bond donors (Lipinski definition) is 3. The molecule has 0 bridgehead atoms. The summed E-state index contributed by atoms with van der Waals surface area (Å²) >= 11 is 0. The molecule has 138 valence electrons. The number of carbonyl (C=O) groups excluding carboxylic acids is 2. The molecule has 1 fully saturated rings. The van der Waals surface area contributed by atoms with Crippen LogP contribution in [0.5, 0.6) is 0 Å². The van der Waals surface area contributed by atoms with Gasteiger partial charge in [-0.1, -0.05) is 12.1 Å². The molecule has 0 aliphatic carbocycles. The van der Waals surface area contributed by atoms with Gasteiger partial charge < -0.3 is 10.6 Å². The van der Waals surface area contributed by atoms with Gasteiger partial charge >= 0.3 is 0 Å². The zero-order valence-electron chi connectivity index (χ0n) is 14.3. The maximum Gasteiger partial charge on any atom is 0.243 e. The molecule has 1 aromatic rings. The Kier molecular flexibility index (Phi) is 7.33. The summed E-state index contributed by atoms with van der Waals surface area (Å²) in [7, 11) is 0. The Balaban J connectivity index is 1.73. The highest BCUT2D eigenvalue weighted by molar-refractivity contribution is 5.77. The second-order valence-corrected chi connectivity index (χ2v) is 6.62. The molecule has 6 nitrogen and oxygen atoms in total. The number of nitrogens with two attached hydrogens (primary N) is 1. The van der Waals surface area contributed by atoms with E-state index >= 15 is 0 Å². The fraction of sp³-hybridized carbons (Fsp3) is 0.556. The molecule has 1 heterocycles. The minimum atomic E-state index is -0.502. The summed E-state index contributed by atoms with van der Waals surface area (Å²) in [6.45, 7) is 1.37.